The fourth-order valence-electron chi connectivity index (χ4n) is 2.89. The Morgan fingerprint density at radius 1 is 1.39 bits per heavy atom. The fourth-order valence-corrected chi connectivity index (χ4v) is 2.89. The first kappa shape index (κ1) is 17.5. The van der Waals surface area contributed by atoms with E-state index in [4.69, 9.17) is 4.74 Å². The maximum absolute atomic E-state index is 12.3. The predicted molar refractivity (Wildman–Crippen MR) is 82.4 cm³/mol. The number of amides is 2. The largest absolute Gasteiger partial charge is 0.444 e. The van der Waals surface area contributed by atoms with Gasteiger partial charge in [0.05, 0.1) is 0 Å². The predicted octanol–water partition coefficient (Wildman–Crippen LogP) is 1.41. The topological polar surface area (TPSA) is 102 Å². The third kappa shape index (κ3) is 5.07. The van der Waals surface area contributed by atoms with E-state index in [1.165, 1.54) is 0 Å². The second-order valence-electron chi connectivity index (χ2n) is 7.37. The van der Waals surface area contributed by atoms with Gasteiger partial charge in [0.15, 0.2) is 0 Å². The van der Waals surface area contributed by atoms with Gasteiger partial charge in [0, 0.05) is 31.0 Å². The number of piperidine rings is 1. The van der Waals surface area contributed by atoms with Gasteiger partial charge in [-0.2, -0.15) is 0 Å². The molecule has 0 radical (unpaired) electrons. The molecule has 0 unspecified atom stereocenters. The smallest absolute Gasteiger partial charge is 0.407 e. The van der Waals surface area contributed by atoms with Crippen LogP contribution in [0.3, 0.4) is 0 Å². The molecule has 2 fully saturated rings. The lowest BCUT2D eigenvalue weighted by molar-refractivity contribution is -0.497. The summed E-state index contributed by atoms with van der Waals surface area (Å²) in [5.41, 5.74) is -0.540. The van der Waals surface area contributed by atoms with Crippen molar-refractivity contribution >= 4 is 12.0 Å². The Morgan fingerprint density at radius 2 is 2.09 bits per heavy atom. The van der Waals surface area contributed by atoms with E-state index in [2.05, 4.69) is 5.32 Å². The highest BCUT2D eigenvalue weighted by molar-refractivity contribution is 5.82. The monoisotopic (exact) mass is 327 g/mol. The van der Waals surface area contributed by atoms with Crippen molar-refractivity contribution in [1.82, 2.24) is 10.2 Å². The van der Waals surface area contributed by atoms with Gasteiger partial charge >= 0.3 is 6.09 Å². The first-order valence-corrected chi connectivity index (χ1v) is 8.06. The Morgan fingerprint density at radius 3 is 2.65 bits per heavy atom. The minimum atomic E-state index is -0.706. The number of rotatable bonds is 4. The molecule has 1 N–H and O–H groups in total. The van der Waals surface area contributed by atoms with E-state index in [0.29, 0.717) is 26.1 Å². The van der Waals surface area contributed by atoms with Crippen molar-refractivity contribution in [1.29, 1.82) is 0 Å². The molecule has 2 amide bonds. The number of ether oxygens (including phenoxy) is 1. The van der Waals surface area contributed by atoms with Crippen LogP contribution >= 0.6 is 0 Å². The van der Waals surface area contributed by atoms with Gasteiger partial charge in [-0.3, -0.25) is 14.9 Å². The molecule has 1 aliphatic heterocycles. The van der Waals surface area contributed by atoms with Crippen LogP contribution in [0.5, 0.6) is 0 Å². The Labute approximate surface area is 135 Å². The lowest BCUT2D eigenvalue weighted by Crippen LogP contribution is -2.45. The molecule has 2 rings (SSSR count). The summed E-state index contributed by atoms with van der Waals surface area (Å²) in [4.78, 5) is 35.9. The number of carbonyl (C=O) groups excluding carboxylic acids is 2. The molecule has 1 aliphatic carbocycles. The van der Waals surface area contributed by atoms with Crippen LogP contribution in [-0.2, 0) is 9.53 Å². The lowest BCUT2D eigenvalue weighted by Gasteiger charge is -2.33. The van der Waals surface area contributed by atoms with Crippen LogP contribution in [0.4, 0.5) is 4.79 Å². The van der Waals surface area contributed by atoms with Crippen molar-refractivity contribution in [3.8, 4) is 0 Å². The van der Waals surface area contributed by atoms with E-state index in [9.17, 15) is 19.7 Å². The van der Waals surface area contributed by atoms with Crippen LogP contribution in [0.15, 0.2) is 0 Å². The van der Waals surface area contributed by atoms with E-state index in [1.54, 1.807) is 25.7 Å². The highest BCUT2D eigenvalue weighted by Gasteiger charge is 2.54. The van der Waals surface area contributed by atoms with Crippen molar-refractivity contribution in [3.63, 3.8) is 0 Å². The molecule has 0 spiro atoms. The van der Waals surface area contributed by atoms with Crippen LogP contribution < -0.4 is 5.32 Å². The summed E-state index contributed by atoms with van der Waals surface area (Å²) in [6, 6.07) is -0.706. The molecule has 1 saturated heterocycles. The fraction of sp³-hybridized carbons (Fsp3) is 0.867. The number of nitrogens with one attached hydrogen (secondary N) is 1. The van der Waals surface area contributed by atoms with Crippen LogP contribution in [0, 0.1) is 22.0 Å². The highest BCUT2D eigenvalue weighted by atomic mass is 16.6. The molecular weight excluding hydrogens is 302 g/mol. The maximum Gasteiger partial charge on any atom is 0.407 e. The Bertz CT molecular complexity index is 488. The van der Waals surface area contributed by atoms with Gasteiger partial charge in [0.1, 0.15) is 11.5 Å². The SMILES string of the molecule is CC(C)(C)OC(=O)NC[C@@H]1CCCN(C(=O)[C@H]2C[C@@H]2[N+](=O)[O-])C1. The quantitative estimate of drug-likeness (QED) is 0.621. The molecule has 1 heterocycles. The molecule has 2 aliphatic rings. The average Bonchev–Trinajstić information content (AvgIpc) is 3.23. The average molecular weight is 327 g/mol. The van der Waals surface area contributed by atoms with E-state index in [0.717, 1.165) is 12.8 Å². The van der Waals surface area contributed by atoms with Gasteiger partial charge in [0.25, 0.3) is 0 Å². The zero-order valence-electron chi connectivity index (χ0n) is 13.9. The van der Waals surface area contributed by atoms with Crippen molar-refractivity contribution in [2.24, 2.45) is 11.8 Å². The number of nitro groups is 1. The maximum atomic E-state index is 12.3. The summed E-state index contributed by atoms with van der Waals surface area (Å²) >= 11 is 0. The van der Waals surface area contributed by atoms with Crippen molar-refractivity contribution in [3.05, 3.63) is 10.1 Å². The van der Waals surface area contributed by atoms with Crippen molar-refractivity contribution in [2.45, 2.75) is 51.7 Å². The molecule has 8 heteroatoms. The molecule has 0 aromatic rings. The standard InChI is InChI=1S/C15H25N3O5/c1-15(2,3)23-14(20)16-8-10-5-4-6-17(9-10)13(19)11-7-12(11)18(21)22/h10-12H,4-9H2,1-3H3,(H,16,20)/t10-,11-,12-/m0/s1. The molecule has 3 atom stereocenters. The zero-order valence-corrected chi connectivity index (χ0v) is 13.9. The van der Waals surface area contributed by atoms with Gasteiger partial charge in [-0.15, -0.1) is 0 Å². The summed E-state index contributed by atoms with van der Waals surface area (Å²) in [6.07, 6.45) is 1.66. The second-order valence-corrected chi connectivity index (χ2v) is 7.37. The minimum Gasteiger partial charge on any atom is -0.444 e. The number of nitrogens with zero attached hydrogens (tertiary/aromatic N) is 2. The summed E-state index contributed by atoms with van der Waals surface area (Å²) in [7, 11) is 0. The van der Waals surface area contributed by atoms with Crippen LogP contribution in [0.25, 0.3) is 0 Å². The first-order chi connectivity index (χ1) is 10.7. The van der Waals surface area contributed by atoms with E-state index >= 15 is 0 Å². The second kappa shape index (κ2) is 6.72. The van der Waals surface area contributed by atoms with Crippen LogP contribution in [-0.4, -0.2) is 53.1 Å². The highest BCUT2D eigenvalue weighted by Crippen LogP contribution is 2.35. The van der Waals surface area contributed by atoms with Gasteiger partial charge in [0.2, 0.25) is 11.9 Å². The molecule has 23 heavy (non-hydrogen) atoms. The summed E-state index contributed by atoms with van der Waals surface area (Å²) in [5, 5.41) is 13.4. The zero-order chi connectivity index (χ0) is 17.2. The number of likely N-dealkylation sites (tertiary alicyclic amines) is 1. The molecule has 0 aromatic heterocycles. The minimum absolute atomic E-state index is 0.117. The number of carbonyl (C=O) groups is 2. The molecule has 0 bridgehead atoms. The summed E-state index contributed by atoms with van der Waals surface area (Å²) < 4.78 is 5.19. The summed E-state index contributed by atoms with van der Waals surface area (Å²) in [6.45, 7) is 7.03. The lowest BCUT2D eigenvalue weighted by atomic mass is 9.97. The Kier molecular flexibility index (Phi) is 5.11. The third-order valence-corrected chi connectivity index (χ3v) is 4.11. The van der Waals surface area contributed by atoms with Crippen LogP contribution in [0.2, 0.25) is 0 Å². The van der Waals surface area contributed by atoms with E-state index in [-0.39, 0.29) is 16.7 Å². The van der Waals surface area contributed by atoms with Gasteiger partial charge in [-0.1, -0.05) is 0 Å². The normalized spacial score (nSPS) is 27.3. The van der Waals surface area contributed by atoms with Crippen LogP contribution in [0.1, 0.15) is 40.0 Å². The molecule has 8 nitrogen and oxygen atoms in total. The molecular formula is C15H25N3O5. The Balaban J connectivity index is 1.76. The van der Waals surface area contributed by atoms with Gasteiger partial charge in [-0.25, -0.2) is 4.79 Å². The summed E-state index contributed by atoms with van der Waals surface area (Å²) in [5.74, 6) is -0.413. The number of hydrogen-bond acceptors (Lipinski definition) is 5. The van der Waals surface area contributed by atoms with Crippen molar-refractivity contribution in [2.75, 3.05) is 19.6 Å². The first-order valence-electron chi connectivity index (χ1n) is 8.06. The number of hydrogen-bond donors (Lipinski definition) is 1. The molecule has 1 saturated carbocycles. The van der Waals surface area contributed by atoms with E-state index in [1.807, 2.05) is 0 Å². The van der Waals surface area contributed by atoms with Crippen molar-refractivity contribution < 1.29 is 19.2 Å². The molecule has 130 valence electrons. The Hall–Kier alpha value is -1.86. The molecule has 0 aromatic carbocycles. The third-order valence-electron chi connectivity index (χ3n) is 4.11. The van der Waals surface area contributed by atoms with E-state index < -0.39 is 23.7 Å². The van der Waals surface area contributed by atoms with Gasteiger partial charge < -0.3 is 15.0 Å². The van der Waals surface area contributed by atoms with Gasteiger partial charge in [-0.05, 0) is 39.5 Å². The number of alkyl carbamates (subject to hydrolysis) is 1.